The standard InChI is InChI=1S/C17H19F3N6S.HI/c1-21-16(23-9-7-15-26-13(10-27-15)17(18,19)20)22-8-6-14-24-11-4-2-3-5-12(11)25-14;/h2-5,10H,6-9H2,1H3,(H,24,25)(H2,21,22,23);1H. The van der Waals surface area contributed by atoms with Crippen LogP contribution < -0.4 is 10.6 Å². The van der Waals surface area contributed by atoms with Crippen LogP contribution >= 0.6 is 35.3 Å². The molecule has 3 aromatic rings. The molecule has 0 aliphatic heterocycles. The first-order valence-corrected chi connectivity index (χ1v) is 9.23. The minimum absolute atomic E-state index is 0. The first-order chi connectivity index (χ1) is 13.0. The van der Waals surface area contributed by atoms with Crippen molar-refractivity contribution in [3.05, 3.63) is 46.2 Å². The highest BCUT2D eigenvalue weighted by molar-refractivity contribution is 14.0. The summed E-state index contributed by atoms with van der Waals surface area (Å²) in [5.74, 6) is 1.46. The second-order valence-corrected chi connectivity index (χ2v) is 6.69. The molecule has 0 bridgehead atoms. The molecule has 0 unspecified atom stereocenters. The Kier molecular flexibility index (Phi) is 8.04. The topological polar surface area (TPSA) is 78.0 Å². The predicted octanol–water partition coefficient (Wildman–Crippen LogP) is 3.61. The van der Waals surface area contributed by atoms with E-state index in [1.807, 2.05) is 24.3 Å². The monoisotopic (exact) mass is 524 g/mol. The van der Waals surface area contributed by atoms with Crippen LogP contribution in [0.3, 0.4) is 0 Å². The molecule has 0 saturated carbocycles. The van der Waals surface area contributed by atoms with E-state index in [0.717, 1.165) is 33.6 Å². The highest BCUT2D eigenvalue weighted by Gasteiger charge is 2.33. The van der Waals surface area contributed by atoms with Crippen molar-refractivity contribution in [2.24, 2.45) is 4.99 Å². The lowest BCUT2D eigenvalue weighted by molar-refractivity contribution is -0.140. The molecular formula is C17H20F3IN6S. The van der Waals surface area contributed by atoms with Crippen molar-refractivity contribution < 1.29 is 13.2 Å². The van der Waals surface area contributed by atoms with Crippen LogP contribution in [0.25, 0.3) is 11.0 Å². The fourth-order valence-corrected chi connectivity index (χ4v) is 3.29. The summed E-state index contributed by atoms with van der Waals surface area (Å²) in [6.45, 7) is 1.06. The Labute approximate surface area is 181 Å². The summed E-state index contributed by atoms with van der Waals surface area (Å²) in [6.07, 6.45) is -3.31. The third-order valence-electron chi connectivity index (χ3n) is 3.79. The van der Waals surface area contributed by atoms with Gasteiger partial charge in [-0.25, -0.2) is 9.97 Å². The lowest BCUT2D eigenvalue weighted by Gasteiger charge is -2.10. The maximum absolute atomic E-state index is 12.5. The second kappa shape index (κ2) is 10.0. The molecule has 0 saturated heterocycles. The van der Waals surface area contributed by atoms with Gasteiger partial charge in [-0.3, -0.25) is 4.99 Å². The van der Waals surface area contributed by atoms with Gasteiger partial charge in [-0.05, 0) is 12.1 Å². The number of hydrogen-bond donors (Lipinski definition) is 3. The molecule has 0 aliphatic rings. The van der Waals surface area contributed by atoms with E-state index in [9.17, 15) is 13.2 Å². The Hall–Kier alpha value is -1.89. The average Bonchev–Trinajstić information content (AvgIpc) is 3.26. The summed E-state index contributed by atoms with van der Waals surface area (Å²) >= 11 is 1.01. The fourth-order valence-electron chi connectivity index (χ4n) is 2.49. The molecule has 3 rings (SSSR count). The number of guanidine groups is 1. The minimum Gasteiger partial charge on any atom is -0.356 e. The molecule has 1 aromatic carbocycles. The molecule has 0 aliphatic carbocycles. The van der Waals surface area contributed by atoms with E-state index >= 15 is 0 Å². The van der Waals surface area contributed by atoms with Gasteiger partial charge in [-0.15, -0.1) is 35.3 Å². The van der Waals surface area contributed by atoms with E-state index in [1.165, 1.54) is 0 Å². The third-order valence-corrected chi connectivity index (χ3v) is 4.70. The summed E-state index contributed by atoms with van der Waals surface area (Å²) in [4.78, 5) is 15.5. The summed E-state index contributed by atoms with van der Waals surface area (Å²) in [5.41, 5.74) is 1.09. The van der Waals surface area contributed by atoms with Crippen LogP contribution in [0.1, 0.15) is 16.5 Å². The SMILES string of the molecule is CN=C(NCCc1nc2ccccc2[nH]1)NCCc1nc(C(F)(F)F)cs1.I. The molecule has 11 heteroatoms. The van der Waals surface area contributed by atoms with Gasteiger partial charge in [0.05, 0.1) is 16.0 Å². The van der Waals surface area contributed by atoms with E-state index < -0.39 is 11.9 Å². The van der Waals surface area contributed by atoms with Crippen LogP contribution in [0.5, 0.6) is 0 Å². The molecule has 0 amide bonds. The van der Waals surface area contributed by atoms with Crippen LogP contribution in [-0.2, 0) is 19.0 Å². The number of para-hydroxylation sites is 2. The molecule has 2 aromatic heterocycles. The predicted molar refractivity (Wildman–Crippen MR) is 115 cm³/mol. The van der Waals surface area contributed by atoms with E-state index in [1.54, 1.807) is 7.05 Å². The lowest BCUT2D eigenvalue weighted by Crippen LogP contribution is -2.39. The second-order valence-electron chi connectivity index (χ2n) is 5.75. The number of thiazole rings is 1. The molecular weight excluding hydrogens is 504 g/mol. The van der Waals surface area contributed by atoms with Crippen molar-refractivity contribution in [2.75, 3.05) is 20.1 Å². The van der Waals surface area contributed by atoms with Gasteiger partial charge in [0.2, 0.25) is 0 Å². The summed E-state index contributed by atoms with van der Waals surface area (Å²) < 4.78 is 37.6. The van der Waals surface area contributed by atoms with Crippen LogP contribution in [-0.4, -0.2) is 41.0 Å². The maximum Gasteiger partial charge on any atom is 0.434 e. The molecule has 0 radical (unpaired) electrons. The Morgan fingerprint density at radius 2 is 1.86 bits per heavy atom. The maximum atomic E-state index is 12.5. The van der Waals surface area contributed by atoms with Gasteiger partial charge in [0.15, 0.2) is 11.7 Å². The number of rotatable bonds is 6. The smallest absolute Gasteiger partial charge is 0.356 e. The molecule has 152 valence electrons. The van der Waals surface area contributed by atoms with Crippen LogP contribution in [0.4, 0.5) is 13.2 Å². The van der Waals surface area contributed by atoms with Gasteiger partial charge in [-0.2, -0.15) is 13.2 Å². The number of aromatic amines is 1. The number of nitrogens with zero attached hydrogens (tertiary/aromatic N) is 3. The van der Waals surface area contributed by atoms with Crippen molar-refractivity contribution in [1.29, 1.82) is 0 Å². The largest absolute Gasteiger partial charge is 0.434 e. The van der Waals surface area contributed by atoms with E-state index in [0.29, 0.717) is 36.9 Å². The number of alkyl halides is 3. The van der Waals surface area contributed by atoms with Gasteiger partial charge in [0.1, 0.15) is 5.82 Å². The lowest BCUT2D eigenvalue weighted by atomic mass is 10.3. The van der Waals surface area contributed by atoms with Crippen molar-refractivity contribution >= 4 is 52.3 Å². The quantitative estimate of drug-likeness (QED) is 0.262. The molecule has 3 N–H and O–H groups in total. The number of aliphatic imine (C=N–C) groups is 1. The van der Waals surface area contributed by atoms with E-state index in [4.69, 9.17) is 0 Å². The highest BCUT2D eigenvalue weighted by Crippen LogP contribution is 2.29. The zero-order valence-corrected chi connectivity index (χ0v) is 18.2. The van der Waals surface area contributed by atoms with E-state index in [-0.39, 0.29) is 24.0 Å². The summed E-state index contributed by atoms with van der Waals surface area (Å²) in [7, 11) is 1.64. The van der Waals surface area contributed by atoms with Crippen LogP contribution in [0.15, 0.2) is 34.6 Å². The Bertz CT molecular complexity index is 888. The van der Waals surface area contributed by atoms with Gasteiger partial charge < -0.3 is 15.6 Å². The number of H-pyrrole nitrogens is 1. The zero-order valence-electron chi connectivity index (χ0n) is 15.0. The number of nitrogens with one attached hydrogen (secondary N) is 3. The van der Waals surface area contributed by atoms with Crippen molar-refractivity contribution in [2.45, 2.75) is 19.0 Å². The summed E-state index contributed by atoms with van der Waals surface area (Å²) in [5, 5.41) is 7.71. The van der Waals surface area contributed by atoms with Gasteiger partial charge in [-0.1, -0.05) is 12.1 Å². The molecule has 0 fully saturated rings. The zero-order chi connectivity index (χ0) is 19.3. The minimum atomic E-state index is -4.39. The normalized spacial score (nSPS) is 12.1. The Morgan fingerprint density at radius 1 is 1.14 bits per heavy atom. The first-order valence-electron chi connectivity index (χ1n) is 8.35. The molecule has 0 spiro atoms. The van der Waals surface area contributed by atoms with Crippen molar-refractivity contribution in [3.63, 3.8) is 0 Å². The van der Waals surface area contributed by atoms with Gasteiger partial charge in [0.25, 0.3) is 0 Å². The number of hydrogen-bond acceptors (Lipinski definition) is 4. The number of fused-ring (bicyclic) bond motifs is 1. The van der Waals surface area contributed by atoms with Crippen molar-refractivity contribution in [1.82, 2.24) is 25.6 Å². The first kappa shape index (κ1) is 22.4. The van der Waals surface area contributed by atoms with Crippen LogP contribution in [0, 0.1) is 0 Å². The molecule has 0 atom stereocenters. The number of benzene rings is 1. The fraction of sp³-hybridized carbons (Fsp3) is 0.353. The highest BCUT2D eigenvalue weighted by atomic mass is 127. The summed E-state index contributed by atoms with van der Waals surface area (Å²) in [6, 6.07) is 7.82. The van der Waals surface area contributed by atoms with Gasteiger partial charge in [0, 0.05) is 38.4 Å². The average molecular weight is 524 g/mol. The Morgan fingerprint density at radius 3 is 2.50 bits per heavy atom. The number of aromatic nitrogens is 3. The third kappa shape index (κ3) is 6.06. The number of imidazole rings is 1. The van der Waals surface area contributed by atoms with Crippen molar-refractivity contribution in [3.8, 4) is 0 Å². The van der Waals surface area contributed by atoms with E-state index in [2.05, 4.69) is 30.6 Å². The molecule has 2 heterocycles. The molecule has 28 heavy (non-hydrogen) atoms. The number of halogens is 4. The van der Waals surface area contributed by atoms with Crippen LogP contribution in [0.2, 0.25) is 0 Å². The molecule has 6 nitrogen and oxygen atoms in total. The Balaban J connectivity index is 0.00000280. The van der Waals surface area contributed by atoms with Gasteiger partial charge >= 0.3 is 6.18 Å².